The van der Waals surface area contributed by atoms with Crippen molar-refractivity contribution in [3.8, 4) is 0 Å². The molecule has 0 aromatic heterocycles. The van der Waals surface area contributed by atoms with Crippen LogP contribution in [0.2, 0.25) is 18.1 Å². The summed E-state index contributed by atoms with van der Waals surface area (Å²) in [6, 6.07) is 1.43. The number of hydrogen-bond acceptors (Lipinski definition) is 2. The molecule has 3 heteroatoms. The summed E-state index contributed by atoms with van der Waals surface area (Å²) in [4.78, 5) is 2.55. The molecule has 96 valence electrons. The molecule has 0 amide bonds. The molecule has 2 nitrogen and oxygen atoms in total. The van der Waals surface area contributed by atoms with Crippen molar-refractivity contribution in [2.45, 2.75) is 71.3 Å². The molecule has 0 aliphatic carbocycles. The maximum Gasteiger partial charge on any atom is 0.192 e. The summed E-state index contributed by atoms with van der Waals surface area (Å²) < 4.78 is 6.24. The van der Waals surface area contributed by atoms with E-state index >= 15 is 0 Å². The molecule has 1 rings (SSSR count). The first-order valence-corrected chi connectivity index (χ1v) is 9.49. The molecule has 0 radical (unpaired) electrons. The number of hydrogen-bond donors (Lipinski definition) is 0. The fourth-order valence-electron chi connectivity index (χ4n) is 1.64. The van der Waals surface area contributed by atoms with Crippen LogP contribution >= 0.6 is 0 Å². The van der Waals surface area contributed by atoms with Crippen molar-refractivity contribution in [1.29, 1.82) is 0 Å². The molecule has 0 saturated carbocycles. The monoisotopic (exact) mass is 243 g/mol. The van der Waals surface area contributed by atoms with Crippen molar-refractivity contribution in [1.82, 2.24) is 4.90 Å². The average Bonchev–Trinajstić information content (AvgIpc) is 2.91. The van der Waals surface area contributed by atoms with Gasteiger partial charge in [0.15, 0.2) is 8.32 Å². The zero-order valence-electron chi connectivity index (χ0n) is 12.1. The molecule has 16 heavy (non-hydrogen) atoms. The lowest BCUT2D eigenvalue weighted by atomic mass is 10.2. The van der Waals surface area contributed by atoms with Crippen molar-refractivity contribution in [2.75, 3.05) is 13.2 Å². The standard InChI is InChI=1S/C13H29NOSi/c1-8-11(2)14-9-12(14)10-15-16(6,7)13(3,4)5/h11-12H,8-10H2,1-7H3. The van der Waals surface area contributed by atoms with Crippen LogP contribution < -0.4 is 0 Å². The Bertz CT molecular complexity index is 235. The van der Waals surface area contributed by atoms with E-state index in [0.29, 0.717) is 11.1 Å². The smallest absolute Gasteiger partial charge is 0.192 e. The molecule has 0 N–H and O–H groups in total. The SMILES string of the molecule is CCC(C)N1CC1CO[Si](C)(C)C(C)(C)C. The van der Waals surface area contributed by atoms with E-state index in [1.54, 1.807) is 0 Å². The summed E-state index contributed by atoms with van der Waals surface area (Å²) in [6.07, 6.45) is 1.25. The zero-order valence-corrected chi connectivity index (χ0v) is 13.1. The van der Waals surface area contributed by atoms with Gasteiger partial charge in [0.05, 0.1) is 6.61 Å². The Labute approximate surface area is 102 Å². The van der Waals surface area contributed by atoms with E-state index in [1.807, 2.05) is 0 Å². The van der Waals surface area contributed by atoms with Crippen molar-refractivity contribution in [3.05, 3.63) is 0 Å². The molecule has 0 aromatic rings. The molecule has 0 aromatic carbocycles. The van der Waals surface area contributed by atoms with Crippen LogP contribution in [0.1, 0.15) is 41.0 Å². The van der Waals surface area contributed by atoms with Crippen molar-refractivity contribution < 1.29 is 4.43 Å². The Balaban J connectivity index is 2.32. The van der Waals surface area contributed by atoms with Gasteiger partial charge in [0.1, 0.15) is 0 Å². The highest BCUT2D eigenvalue weighted by molar-refractivity contribution is 6.74. The first-order chi connectivity index (χ1) is 7.19. The highest BCUT2D eigenvalue weighted by Gasteiger charge is 2.42. The van der Waals surface area contributed by atoms with Crippen molar-refractivity contribution in [3.63, 3.8) is 0 Å². The molecule has 3 atom stereocenters. The maximum atomic E-state index is 6.24. The van der Waals surface area contributed by atoms with E-state index < -0.39 is 8.32 Å². The molecule has 1 saturated heterocycles. The van der Waals surface area contributed by atoms with Gasteiger partial charge in [0.25, 0.3) is 0 Å². The predicted molar refractivity (Wildman–Crippen MR) is 73.4 cm³/mol. The van der Waals surface area contributed by atoms with E-state index in [9.17, 15) is 0 Å². The van der Waals surface area contributed by atoms with E-state index in [1.165, 1.54) is 13.0 Å². The molecule has 1 fully saturated rings. The quantitative estimate of drug-likeness (QED) is 0.541. The van der Waals surface area contributed by atoms with Gasteiger partial charge < -0.3 is 4.43 Å². The highest BCUT2D eigenvalue weighted by atomic mass is 28.4. The summed E-state index contributed by atoms with van der Waals surface area (Å²) in [5.74, 6) is 0. The van der Waals surface area contributed by atoms with Gasteiger partial charge in [-0.15, -0.1) is 0 Å². The van der Waals surface area contributed by atoms with Crippen LogP contribution in [0.25, 0.3) is 0 Å². The fraction of sp³-hybridized carbons (Fsp3) is 1.00. The Morgan fingerprint density at radius 3 is 2.38 bits per heavy atom. The summed E-state index contributed by atoms with van der Waals surface area (Å²) in [7, 11) is -1.53. The van der Waals surface area contributed by atoms with E-state index in [0.717, 1.165) is 12.6 Å². The molecule has 0 spiro atoms. The van der Waals surface area contributed by atoms with Crippen LogP contribution in [0.5, 0.6) is 0 Å². The van der Waals surface area contributed by atoms with Gasteiger partial charge in [-0.25, -0.2) is 0 Å². The normalized spacial score (nSPS) is 27.9. The summed E-state index contributed by atoms with van der Waals surface area (Å²) in [5, 5.41) is 0.336. The third kappa shape index (κ3) is 3.31. The molecule has 1 aliphatic rings. The average molecular weight is 243 g/mol. The van der Waals surface area contributed by atoms with Gasteiger partial charge in [-0.05, 0) is 31.5 Å². The van der Waals surface area contributed by atoms with Gasteiger partial charge >= 0.3 is 0 Å². The molecule has 3 unspecified atom stereocenters. The Kier molecular flexibility index (Phi) is 4.25. The third-order valence-electron chi connectivity index (χ3n) is 4.36. The van der Waals surface area contributed by atoms with Crippen molar-refractivity contribution in [2.24, 2.45) is 0 Å². The van der Waals surface area contributed by atoms with E-state index in [-0.39, 0.29) is 0 Å². The largest absolute Gasteiger partial charge is 0.415 e. The van der Waals surface area contributed by atoms with Crippen LogP contribution in [-0.2, 0) is 4.43 Å². The molecular weight excluding hydrogens is 214 g/mol. The minimum atomic E-state index is -1.53. The van der Waals surface area contributed by atoms with Crippen molar-refractivity contribution >= 4 is 8.32 Å². The Hall–Kier alpha value is 0.137. The first-order valence-electron chi connectivity index (χ1n) is 6.58. The molecule has 0 bridgehead atoms. The van der Waals surface area contributed by atoms with Crippen LogP contribution in [0, 0.1) is 0 Å². The molecule has 1 aliphatic heterocycles. The van der Waals surface area contributed by atoms with Gasteiger partial charge in [0.2, 0.25) is 0 Å². The van der Waals surface area contributed by atoms with Gasteiger partial charge in [0, 0.05) is 18.6 Å². The summed E-state index contributed by atoms with van der Waals surface area (Å²) >= 11 is 0. The Morgan fingerprint density at radius 1 is 1.38 bits per heavy atom. The highest BCUT2D eigenvalue weighted by Crippen LogP contribution is 2.37. The third-order valence-corrected chi connectivity index (χ3v) is 8.86. The number of nitrogens with zero attached hydrogens (tertiary/aromatic N) is 1. The van der Waals surface area contributed by atoms with Gasteiger partial charge in [-0.1, -0.05) is 27.7 Å². The second-order valence-corrected chi connectivity index (χ2v) is 11.5. The minimum absolute atomic E-state index is 0.336. The van der Waals surface area contributed by atoms with Gasteiger partial charge in [-0.3, -0.25) is 4.90 Å². The van der Waals surface area contributed by atoms with Crippen LogP contribution in [0.4, 0.5) is 0 Å². The first kappa shape index (κ1) is 14.2. The fourth-order valence-corrected chi connectivity index (χ4v) is 2.68. The second-order valence-electron chi connectivity index (χ2n) is 6.68. The second kappa shape index (κ2) is 4.79. The lowest BCUT2D eigenvalue weighted by molar-refractivity contribution is 0.255. The molecule has 1 heterocycles. The van der Waals surface area contributed by atoms with E-state index in [2.05, 4.69) is 52.6 Å². The maximum absolute atomic E-state index is 6.24. The summed E-state index contributed by atoms with van der Waals surface area (Å²) in [5.41, 5.74) is 0. The zero-order chi connectivity index (χ0) is 12.6. The lowest BCUT2D eigenvalue weighted by Gasteiger charge is -2.36. The number of rotatable bonds is 5. The minimum Gasteiger partial charge on any atom is -0.415 e. The predicted octanol–water partition coefficient (Wildman–Crippen LogP) is 3.49. The van der Waals surface area contributed by atoms with Crippen LogP contribution in [-0.4, -0.2) is 38.5 Å². The topological polar surface area (TPSA) is 12.2 Å². The summed E-state index contributed by atoms with van der Waals surface area (Å²) in [6.45, 7) is 18.3. The molecular formula is C13H29NOSi. The Morgan fingerprint density at radius 2 is 1.94 bits per heavy atom. The van der Waals surface area contributed by atoms with Crippen LogP contribution in [0.3, 0.4) is 0 Å². The van der Waals surface area contributed by atoms with E-state index in [4.69, 9.17) is 4.43 Å². The lowest BCUT2D eigenvalue weighted by Crippen LogP contribution is -2.42. The van der Waals surface area contributed by atoms with Gasteiger partial charge in [-0.2, -0.15) is 0 Å². The van der Waals surface area contributed by atoms with Crippen LogP contribution in [0.15, 0.2) is 0 Å².